The van der Waals surface area contributed by atoms with E-state index < -0.39 is 5.60 Å². The monoisotopic (exact) mass is 446 g/mol. The first-order valence-corrected chi connectivity index (χ1v) is 10.6. The van der Waals surface area contributed by atoms with Crippen molar-refractivity contribution >= 4 is 35.0 Å². The number of hydrogen-bond donors (Lipinski definition) is 1. The SMILES string of the molecule is CC(C)(C)OC(=O)N1CC2C(=C(NOc3ccccc3)c3ccc(Cl)c(Cl)c3)C2C1. The van der Waals surface area contributed by atoms with Crippen molar-refractivity contribution in [3.05, 3.63) is 69.7 Å². The number of carbonyl (C=O) groups excluding carboxylic acids is 1. The van der Waals surface area contributed by atoms with E-state index in [1.807, 2.05) is 63.2 Å². The molecule has 1 aliphatic carbocycles. The van der Waals surface area contributed by atoms with E-state index in [1.54, 1.807) is 11.0 Å². The van der Waals surface area contributed by atoms with Crippen LogP contribution in [0.3, 0.4) is 0 Å². The number of nitrogens with one attached hydrogen (secondary N) is 1. The zero-order valence-corrected chi connectivity index (χ0v) is 18.6. The van der Waals surface area contributed by atoms with Crippen LogP contribution in [-0.2, 0) is 4.74 Å². The number of amides is 1. The van der Waals surface area contributed by atoms with Crippen LogP contribution in [0.25, 0.3) is 5.70 Å². The molecule has 1 saturated carbocycles. The molecule has 5 nitrogen and oxygen atoms in total. The highest BCUT2D eigenvalue weighted by molar-refractivity contribution is 6.42. The van der Waals surface area contributed by atoms with Gasteiger partial charge in [-0.15, -0.1) is 0 Å². The Morgan fingerprint density at radius 2 is 1.70 bits per heavy atom. The van der Waals surface area contributed by atoms with E-state index in [2.05, 4.69) is 5.48 Å². The van der Waals surface area contributed by atoms with Crippen molar-refractivity contribution in [3.8, 4) is 5.75 Å². The first-order chi connectivity index (χ1) is 14.2. The second kappa shape index (κ2) is 8.05. The molecular formula is C23H24Cl2N2O3. The molecule has 2 fully saturated rings. The van der Waals surface area contributed by atoms with Crippen molar-refractivity contribution in [1.82, 2.24) is 10.4 Å². The van der Waals surface area contributed by atoms with Gasteiger partial charge in [0.1, 0.15) is 5.60 Å². The normalized spacial score (nSPS) is 19.9. The van der Waals surface area contributed by atoms with Crippen LogP contribution in [0.5, 0.6) is 5.75 Å². The molecule has 0 spiro atoms. The van der Waals surface area contributed by atoms with Crippen molar-refractivity contribution < 1.29 is 14.4 Å². The number of piperidine rings is 1. The fourth-order valence-corrected chi connectivity index (χ4v) is 4.06. The maximum absolute atomic E-state index is 12.4. The average Bonchev–Trinajstić information content (AvgIpc) is 3.15. The lowest BCUT2D eigenvalue weighted by molar-refractivity contribution is 0.0280. The van der Waals surface area contributed by atoms with E-state index in [4.69, 9.17) is 32.8 Å². The third kappa shape index (κ3) is 4.52. The zero-order valence-electron chi connectivity index (χ0n) is 17.1. The van der Waals surface area contributed by atoms with Crippen LogP contribution < -0.4 is 10.3 Å². The van der Waals surface area contributed by atoms with E-state index in [0.29, 0.717) is 28.9 Å². The number of likely N-dealkylation sites (tertiary alicyclic amines) is 1. The Labute approximate surface area is 186 Å². The van der Waals surface area contributed by atoms with E-state index in [0.717, 1.165) is 11.3 Å². The predicted octanol–water partition coefficient (Wildman–Crippen LogP) is 5.78. The van der Waals surface area contributed by atoms with Crippen molar-refractivity contribution in [2.45, 2.75) is 26.4 Å². The molecule has 1 N–H and O–H groups in total. The average molecular weight is 447 g/mol. The molecule has 2 atom stereocenters. The third-order valence-electron chi connectivity index (χ3n) is 5.17. The number of hydrogen-bond acceptors (Lipinski definition) is 4. The minimum Gasteiger partial charge on any atom is -0.444 e. The molecule has 1 heterocycles. The summed E-state index contributed by atoms with van der Waals surface area (Å²) < 4.78 is 5.50. The first-order valence-electron chi connectivity index (χ1n) is 9.88. The molecule has 1 amide bonds. The summed E-state index contributed by atoms with van der Waals surface area (Å²) in [5.74, 6) is 1.25. The number of para-hydroxylation sites is 1. The lowest BCUT2D eigenvalue weighted by atomic mass is 10.1. The molecule has 2 aromatic carbocycles. The number of hydroxylamine groups is 1. The third-order valence-corrected chi connectivity index (χ3v) is 5.91. The smallest absolute Gasteiger partial charge is 0.410 e. The van der Waals surface area contributed by atoms with Crippen LogP contribution in [0.4, 0.5) is 4.79 Å². The Morgan fingerprint density at radius 1 is 1.03 bits per heavy atom. The van der Waals surface area contributed by atoms with Gasteiger partial charge in [0, 0.05) is 30.5 Å². The van der Waals surface area contributed by atoms with Gasteiger partial charge >= 0.3 is 6.09 Å². The van der Waals surface area contributed by atoms with Crippen molar-refractivity contribution in [1.29, 1.82) is 0 Å². The van der Waals surface area contributed by atoms with Gasteiger partial charge in [0.05, 0.1) is 15.7 Å². The molecule has 2 aliphatic rings. The maximum Gasteiger partial charge on any atom is 0.410 e. The summed E-state index contributed by atoms with van der Waals surface area (Å²) in [7, 11) is 0. The number of fused-ring (bicyclic) bond motifs is 1. The molecule has 2 aromatic rings. The van der Waals surface area contributed by atoms with Gasteiger partial charge in [0.2, 0.25) is 0 Å². The molecule has 0 radical (unpaired) electrons. The fraction of sp³-hybridized carbons (Fsp3) is 0.348. The Bertz CT molecular complexity index is 972. The Kier molecular flexibility index (Phi) is 5.60. The molecule has 30 heavy (non-hydrogen) atoms. The van der Waals surface area contributed by atoms with Gasteiger partial charge in [0.25, 0.3) is 0 Å². The second-order valence-corrected chi connectivity index (χ2v) is 9.39. The molecular weight excluding hydrogens is 423 g/mol. The number of halogens is 2. The summed E-state index contributed by atoms with van der Waals surface area (Å²) >= 11 is 12.4. The minimum absolute atomic E-state index is 0.265. The Morgan fingerprint density at radius 3 is 2.30 bits per heavy atom. The summed E-state index contributed by atoms with van der Waals surface area (Å²) in [5, 5.41) is 0.982. The van der Waals surface area contributed by atoms with Crippen LogP contribution in [0.2, 0.25) is 10.0 Å². The standard InChI is InChI=1S/C23H24Cl2N2O3/c1-23(2,3)29-22(28)27-12-16-17(13-27)20(16)21(14-9-10-18(24)19(25)11-14)26-30-15-7-5-4-6-8-15/h4-11,16-17,26H,12-13H2,1-3H3. The van der Waals surface area contributed by atoms with E-state index in [-0.39, 0.29) is 17.9 Å². The quantitative estimate of drug-likeness (QED) is 0.604. The summed E-state index contributed by atoms with van der Waals surface area (Å²) in [6.07, 6.45) is -0.265. The highest BCUT2D eigenvalue weighted by atomic mass is 35.5. The van der Waals surface area contributed by atoms with Crippen molar-refractivity contribution in [3.63, 3.8) is 0 Å². The van der Waals surface area contributed by atoms with Crippen molar-refractivity contribution in [2.24, 2.45) is 11.8 Å². The Hall–Kier alpha value is -2.37. The number of benzene rings is 2. The van der Waals surface area contributed by atoms with Crippen LogP contribution in [-0.4, -0.2) is 29.7 Å². The first kappa shape index (κ1) is 20.9. The van der Waals surface area contributed by atoms with Gasteiger partial charge in [-0.1, -0.05) is 47.5 Å². The van der Waals surface area contributed by atoms with Gasteiger partial charge in [-0.3, -0.25) is 0 Å². The largest absolute Gasteiger partial charge is 0.444 e. The van der Waals surface area contributed by atoms with E-state index in [9.17, 15) is 4.79 Å². The van der Waals surface area contributed by atoms with Crippen molar-refractivity contribution in [2.75, 3.05) is 13.1 Å². The number of rotatable bonds is 4. The van der Waals surface area contributed by atoms with Crippen LogP contribution in [0, 0.1) is 11.8 Å². The van der Waals surface area contributed by atoms with Gasteiger partial charge in [-0.2, -0.15) is 0 Å². The summed E-state index contributed by atoms with van der Waals surface area (Å²) in [4.78, 5) is 20.0. The molecule has 0 bridgehead atoms. The molecule has 2 unspecified atom stereocenters. The minimum atomic E-state index is -0.501. The molecule has 1 aliphatic heterocycles. The van der Waals surface area contributed by atoms with Crippen LogP contribution >= 0.6 is 23.2 Å². The lowest BCUT2D eigenvalue weighted by Crippen LogP contribution is -2.36. The number of ether oxygens (including phenoxy) is 1. The summed E-state index contributed by atoms with van der Waals surface area (Å²) in [6, 6.07) is 15.0. The summed E-state index contributed by atoms with van der Waals surface area (Å²) in [5.41, 5.74) is 5.61. The highest BCUT2D eigenvalue weighted by Gasteiger charge is 2.54. The maximum atomic E-state index is 12.4. The molecule has 7 heteroatoms. The molecule has 4 rings (SSSR count). The van der Waals surface area contributed by atoms with Gasteiger partial charge in [-0.25, -0.2) is 10.3 Å². The number of carbonyl (C=O) groups is 1. The molecule has 0 aromatic heterocycles. The topological polar surface area (TPSA) is 50.8 Å². The highest BCUT2D eigenvalue weighted by Crippen LogP contribution is 2.54. The zero-order chi connectivity index (χ0) is 21.5. The van der Waals surface area contributed by atoms with Crippen LogP contribution in [0.1, 0.15) is 26.3 Å². The van der Waals surface area contributed by atoms with E-state index in [1.165, 1.54) is 5.57 Å². The van der Waals surface area contributed by atoms with Gasteiger partial charge in [-0.05, 0) is 50.6 Å². The second-order valence-electron chi connectivity index (χ2n) is 8.57. The van der Waals surface area contributed by atoms with Gasteiger partial charge in [0.15, 0.2) is 5.75 Å². The van der Waals surface area contributed by atoms with E-state index >= 15 is 0 Å². The lowest BCUT2D eigenvalue weighted by Gasteiger charge is -2.25. The molecule has 1 saturated heterocycles. The van der Waals surface area contributed by atoms with Crippen LogP contribution in [0.15, 0.2) is 54.1 Å². The predicted molar refractivity (Wildman–Crippen MR) is 118 cm³/mol. The number of nitrogens with zero attached hydrogens (tertiary/aromatic N) is 1. The fourth-order valence-electron chi connectivity index (χ4n) is 3.76. The van der Waals surface area contributed by atoms with Gasteiger partial charge < -0.3 is 14.5 Å². The Balaban J connectivity index is 1.54. The molecule has 158 valence electrons. The summed E-state index contributed by atoms with van der Waals surface area (Å²) in [6.45, 7) is 6.89.